The standard InChI is InChI=1S/C16H16ClFN2O4S/c1-16-5-4-14(22)20(16)12(8-25-16)15(23)24-7-13(21)19-11-3-2-9(17)6-10(11)18/h2-3,6,12H,4-5,7-8H2,1H3,(H,19,21)/t12-,16+/m1/s1. The molecule has 2 saturated heterocycles. The van der Waals surface area contributed by atoms with E-state index in [0.29, 0.717) is 18.6 Å². The van der Waals surface area contributed by atoms with Crippen LogP contribution in [0.25, 0.3) is 0 Å². The van der Waals surface area contributed by atoms with Gasteiger partial charge in [0, 0.05) is 17.2 Å². The molecule has 1 aromatic rings. The highest BCUT2D eigenvalue weighted by molar-refractivity contribution is 8.01. The molecule has 0 saturated carbocycles. The van der Waals surface area contributed by atoms with Gasteiger partial charge in [0.2, 0.25) is 5.91 Å². The first-order chi connectivity index (χ1) is 11.8. The number of amides is 2. The topological polar surface area (TPSA) is 75.7 Å². The summed E-state index contributed by atoms with van der Waals surface area (Å²) < 4.78 is 18.7. The molecule has 0 spiro atoms. The van der Waals surface area contributed by atoms with Gasteiger partial charge >= 0.3 is 5.97 Å². The molecule has 0 bridgehead atoms. The summed E-state index contributed by atoms with van der Waals surface area (Å²) in [5.74, 6) is -1.62. The van der Waals surface area contributed by atoms with Crippen molar-refractivity contribution >= 4 is 46.8 Å². The van der Waals surface area contributed by atoms with Crippen LogP contribution in [0.2, 0.25) is 5.02 Å². The Labute approximate surface area is 153 Å². The molecule has 3 rings (SSSR count). The Kier molecular flexibility index (Phi) is 4.92. The number of halogens is 2. The van der Waals surface area contributed by atoms with E-state index in [1.54, 1.807) is 4.90 Å². The van der Waals surface area contributed by atoms with Crippen molar-refractivity contribution in [3.05, 3.63) is 29.0 Å². The average Bonchev–Trinajstić information content (AvgIpc) is 3.04. The summed E-state index contributed by atoms with van der Waals surface area (Å²) >= 11 is 7.18. The summed E-state index contributed by atoms with van der Waals surface area (Å²) in [5.41, 5.74) is -0.0517. The van der Waals surface area contributed by atoms with Crippen molar-refractivity contribution in [1.29, 1.82) is 0 Å². The second-order valence-electron chi connectivity index (χ2n) is 6.05. The molecule has 2 amide bonds. The molecular weight excluding hydrogens is 371 g/mol. The van der Waals surface area contributed by atoms with Crippen molar-refractivity contribution in [3.8, 4) is 0 Å². The molecule has 25 heavy (non-hydrogen) atoms. The molecule has 0 unspecified atom stereocenters. The van der Waals surface area contributed by atoms with Crippen molar-refractivity contribution in [2.45, 2.75) is 30.7 Å². The van der Waals surface area contributed by atoms with Gasteiger partial charge < -0.3 is 15.0 Å². The van der Waals surface area contributed by atoms with E-state index in [1.165, 1.54) is 23.9 Å². The number of rotatable bonds is 4. The number of thioether (sulfide) groups is 1. The first-order valence-electron chi connectivity index (χ1n) is 7.68. The fraction of sp³-hybridized carbons (Fsp3) is 0.438. The number of carbonyl (C=O) groups excluding carboxylic acids is 3. The minimum atomic E-state index is -0.690. The predicted octanol–water partition coefficient (Wildman–Crippen LogP) is 2.41. The fourth-order valence-electron chi connectivity index (χ4n) is 3.01. The number of esters is 1. The monoisotopic (exact) mass is 386 g/mol. The van der Waals surface area contributed by atoms with Crippen LogP contribution in [-0.2, 0) is 19.1 Å². The molecule has 2 heterocycles. The molecule has 1 aromatic carbocycles. The summed E-state index contributed by atoms with van der Waals surface area (Å²) in [5, 5.41) is 2.52. The second kappa shape index (κ2) is 6.84. The van der Waals surface area contributed by atoms with E-state index in [2.05, 4.69) is 5.32 Å². The van der Waals surface area contributed by atoms with Crippen LogP contribution in [0.15, 0.2) is 18.2 Å². The van der Waals surface area contributed by atoms with Crippen molar-refractivity contribution in [1.82, 2.24) is 4.90 Å². The van der Waals surface area contributed by atoms with E-state index in [-0.39, 0.29) is 21.5 Å². The number of ether oxygens (including phenoxy) is 1. The SMILES string of the molecule is C[C@]12CCC(=O)N1[C@@H](C(=O)OCC(=O)Nc1ccc(Cl)cc1F)CS2. The van der Waals surface area contributed by atoms with Crippen LogP contribution < -0.4 is 5.32 Å². The number of benzene rings is 1. The number of hydrogen-bond acceptors (Lipinski definition) is 5. The lowest BCUT2D eigenvalue weighted by atomic mass is 10.2. The van der Waals surface area contributed by atoms with Gasteiger partial charge in [0.15, 0.2) is 6.61 Å². The largest absolute Gasteiger partial charge is 0.454 e. The Morgan fingerprint density at radius 3 is 3.00 bits per heavy atom. The zero-order valence-electron chi connectivity index (χ0n) is 13.4. The maximum atomic E-state index is 13.6. The molecule has 0 radical (unpaired) electrons. The van der Waals surface area contributed by atoms with E-state index in [1.807, 2.05) is 6.92 Å². The molecule has 2 aliphatic heterocycles. The molecule has 6 nitrogen and oxygen atoms in total. The van der Waals surface area contributed by atoms with E-state index in [9.17, 15) is 18.8 Å². The van der Waals surface area contributed by atoms with Gasteiger partial charge in [-0.25, -0.2) is 9.18 Å². The highest BCUT2D eigenvalue weighted by atomic mass is 35.5. The van der Waals surface area contributed by atoms with E-state index in [0.717, 1.165) is 6.07 Å². The van der Waals surface area contributed by atoms with Crippen molar-refractivity contribution in [2.24, 2.45) is 0 Å². The van der Waals surface area contributed by atoms with Crippen LogP contribution in [0.3, 0.4) is 0 Å². The second-order valence-corrected chi connectivity index (χ2v) is 7.98. The van der Waals surface area contributed by atoms with Crippen molar-refractivity contribution < 1.29 is 23.5 Å². The van der Waals surface area contributed by atoms with Crippen LogP contribution in [0.4, 0.5) is 10.1 Å². The van der Waals surface area contributed by atoms with Gasteiger partial charge in [0.1, 0.15) is 11.9 Å². The van der Waals surface area contributed by atoms with Crippen LogP contribution in [-0.4, -0.2) is 46.0 Å². The third-order valence-corrected chi connectivity index (χ3v) is 6.01. The molecule has 2 atom stereocenters. The van der Waals surface area contributed by atoms with Crippen LogP contribution >= 0.6 is 23.4 Å². The minimum Gasteiger partial charge on any atom is -0.454 e. The first kappa shape index (κ1) is 18.0. The lowest BCUT2D eigenvalue weighted by Crippen LogP contribution is -2.47. The van der Waals surface area contributed by atoms with Gasteiger partial charge in [0.05, 0.1) is 10.6 Å². The quantitative estimate of drug-likeness (QED) is 0.804. The van der Waals surface area contributed by atoms with E-state index >= 15 is 0 Å². The number of anilines is 1. The van der Waals surface area contributed by atoms with Gasteiger partial charge in [0.25, 0.3) is 5.91 Å². The third-order valence-electron chi connectivity index (χ3n) is 4.27. The zero-order chi connectivity index (χ0) is 18.2. The highest BCUT2D eigenvalue weighted by Crippen LogP contribution is 2.47. The maximum Gasteiger partial charge on any atom is 0.330 e. The van der Waals surface area contributed by atoms with Crippen LogP contribution in [0.5, 0.6) is 0 Å². The lowest BCUT2D eigenvalue weighted by Gasteiger charge is -2.29. The molecule has 0 aromatic heterocycles. The average molecular weight is 387 g/mol. The molecule has 2 aliphatic rings. The molecule has 134 valence electrons. The molecule has 9 heteroatoms. The number of carbonyl (C=O) groups is 3. The fourth-order valence-corrected chi connectivity index (χ4v) is 4.58. The Morgan fingerprint density at radius 2 is 2.28 bits per heavy atom. The molecule has 1 N–H and O–H groups in total. The number of nitrogens with one attached hydrogen (secondary N) is 1. The Morgan fingerprint density at radius 1 is 1.52 bits per heavy atom. The Bertz CT molecular complexity index is 747. The minimum absolute atomic E-state index is 0.0517. The van der Waals surface area contributed by atoms with Gasteiger partial charge in [-0.05, 0) is 31.5 Å². The van der Waals surface area contributed by atoms with Crippen molar-refractivity contribution in [3.63, 3.8) is 0 Å². The smallest absolute Gasteiger partial charge is 0.330 e. The number of hydrogen-bond donors (Lipinski definition) is 1. The molecule has 2 fully saturated rings. The Hall–Kier alpha value is -1.80. The van der Waals surface area contributed by atoms with Gasteiger partial charge in [-0.3, -0.25) is 9.59 Å². The lowest BCUT2D eigenvalue weighted by molar-refractivity contribution is -0.155. The van der Waals surface area contributed by atoms with Crippen molar-refractivity contribution in [2.75, 3.05) is 17.7 Å². The summed E-state index contributed by atoms with van der Waals surface area (Å²) in [7, 11) is 0. The number of nitrogens with zero attached hydrogens (tertiary/aromatic N) is 1. The summed E-state index contributed by atoms with van der Waals surface area (Å²) in [6.07, 6.45) is 1.10. The molecular formula is C16H16ClFN2O4S. The zero-order valence-corrected chi connectivity index (χ0v) is 15.0. The third kappa shape index (κ3) is 3.59. The normalized spacial score (nSPS) is 25.0. The Balaban J connectivity index is 1.55. The van der Waals surface area contributed by atoms with Gasteiger partial charge in [-0.1, -0.05) is 11.6 Å². The van der Waals surface area contributed by atoms with Gasteiger partial charge in [-0.15, -0.1) is 11.8 Å². The van der Waals surface area contributed by atoms with Crippen LogP contribution in [0, 0.1) is 5.82 Å². The highest BCUT2D eigenvalue weighted by Gasteiger charge is 2.53. The van der Waals surface area contributed by atoms with Gasteiger partial charge in [-0.2, -0.15) is 0 Å². The summed E-state index contributed by atoms with van der Waals surface area (Å²) in [6, 6.07) is 3.13. The molecule has 0 aliphatic carbocycles. The maximum absolute atomic E-state index is 13.6. The first-order valence-corrected chi connectivity index (χ1v) is 9.04. The summed E-state index contributed by atoms with van der Waals surface area (Å²) in [4.78, 5) is 37.3. The van der Waals surface area contributed by atoms with E-state index < -0.39 is 30.3 Å². The predicted molar refractivity (Wildman–Crippen MR) is 91.7 cm³/mol. The van der Waals surface area contributed by atoms with Crippen LogP contribution in [0.1, 0.15) is 19.8 Å². The number of fused-ring (bicyclic) bond motifs is 1. The van der Waals surface area contributed by atoms with E-state index in [4.69, 9.17) is 16.3 Å². The summed E-state index contributed by atoms with van der Waals surface area (Å²) in [6.45, 7) is 1.37.